The highest BCUT2D eigenvalue weighted by molar-refractivity contribution is 6.37. The Kier molecular flexibility index (Phi) is 3.93. The van der Waals surface area contributed by atoms with E-state index in [0.717, 1.165) is 6.07 Å². The van der Waals surface area contributed by atoms with Gasteiger partial charge in [0.2, 0.25) is 0 Å². The summed E-state index contributed by atoms with van der Waals surface area (Å²) in [5.41, 5.74) is 6.27. The zero-order valence-electron chi connectivity index (χ0n) is 9.58. The minimum absolute atomic E-state index is 0.146. The molecule has 0 aromatic heterocycles. The molecule has 0 heterocycles. The minimum Gasteiger partial charge on any atom is -0.398 e. The lowest BCUT2D eigenvalue weighted by molar-refractivity contribution is 0.102. The van der Waals surface area contributed by atoms with E-state index in [4.69, 9.17) is 28.9 Å². The second-order valence-corrected chi connectivity index (χ2v) is 4.57. The van der Waals surface area contributed by atoms with Crippen LogP contribution in [-0.2, 0) is 0 Å². The number of benzene rings is 2. The van der Waals surface area contributed by atoms with E-state index in [1.165, 1.54) is 18.2 Å². The number of anilines is 2. The largest absolute Gasteiger partial charge is 0.398 e. The van der Waals surface area contributed by atoms with Crippen molar-refractivity contribution in [1.82, 2.24) is 0 Å². The lowest BCUT2D eigenvalue weighted by atomic mass is 10.2. The number of nitrogens with two attached hydrogens (primary N) is 1. The van der Waals surface area contributed by atoms with Crippen LogP contribution < -0.4 is 11.1 Å². The summed E-state index contributed by atoms with van der Waals surface area (Å²) in [5, 5.41) is 2.86. The van der Waals surface area contributed by atoms with Crippen LogP contribution in [0.15, 0.2) is 36.4 Å². The van der Waals surface area contributed by atoms with Crippen molar-refractivity contribution in [2.24, 2.45) is 0 Å². The number of hydrogen-bond acceptors (Lipinski definition) is 2. The summed E-state index contributed by atoms with van der Waals surface area (Å²) in [6.45, 7) is 0. The van der Waals surface area contributed by atoms with Gasteiger partial charge in [-0.05, 0) is 30.3 Å². The van der Waals surface area contributed by atoms with Crippen molar-refractivity contribution in [2.75, 3.05) is 11.1 Å². The van der Waals surface area contributed by atoms with Crippen LogP contribution in [0.5, 0.6) is 0 Å². The molecule has 0 saturated carbocycles. The molecule has 0 unspecified atom stereocenters. The van der Waals surface area contributed by atoms with Gasteiger partial charge in [0.15, 0.2) is 0 Å². The maximum Gasteiger partial charge on any atom is 0.257 e. The van der Waals surface area contributed by atoms with Crippen LogP contribution in [0, 0.1) is 5.82 Å². The highest BCUT2D eigenvalue weighted by Crippen LogP contribution is 2.26. The van der Waals surface area contributed by atoms with Gasteiger partial charge in [-0.1, -0.05) is 29.3 Å². The number of amides is 1. The normalized spacial score (nSPS) is 10.3. The molecule has 6 heteroatoms. The second kappa shape index (κ2) is 5.47. The number of carbonyl (C=O) groups excluding carboxylic acids is 1. The fourth-order valence-electron chi connectivity index (χ4n) is 1.51. The van der Waals surface area contributed by atoms with Crippen LogP contribution >= 0.6 is 23.2 Å². The first kappa shape index (κ1) is 13.6. The van der Waals surface area contributed by atoms with Crippen molar-refractivity contribution in [3.8, 4) is 0 Å². The molecular formula is C13H9Cl2FN2O. The zero-order chi connectivity index (χ0) is 14.0. The Morgan fingerprint density at radius 1 is 1.21 bits per heavy atom. The molecule has 0 aliphatic carbocycles. The Morgan fingerprint density at radius 3 is 2.68 bits per heavy atom. The smallest absolute Gasteiger partial charge is 0.257 e. The lowest BCUT2D eigenvalue weighted by Gasteiger charge is -2.09. The molecule has 0 aliphatic rings. The fraction of sp³-hybridized carbons (Fsp3) is 0. The molecule has 0 bridgehead atoms. The summed E-state index contributed by atoms with van der Waals surface area (Å²) in [4.78, 5) is 12.0. The number of nitrogen functional groups attached to an aromatic ring is 1. The van der Waals surface area contributed by atoms with Gasteiger partial charge in [-0.25, -0.2) is 4.39 Å². The third kappa shape index (κ3) is 2.97. The molecule has 2 aromatic rings. The Labute approximate surface area is 119 Å². The minimum atomic E-state index is -0.509. The topological polar surface area (TPSA) is 55.1 Å². The molecule has 0 radical (unpaired) electrons. The van der Waals surface area contributed by atoms with E-state index >= 15 is 0 Å². The molecule has 3 N–H and O–H groups in total. The van der Waals surface area contributed by atoms with E-state index < -0.39 is 11.7 Å². The molecule has 19 heavy (non-hydrogen) atoms. The molecule has 1 amide bonds. The Hall–Kier alpha value is -1.78. The summed E-state index contributed by atoms with van der Waals surface area (Å²) in [6, 6.07) is 8.37. The van der Waals surface area contributed by atoms with E-state index in [1.54, 1.807) is 12.1 Å². The van der Waals surface area contributed by atoms with Crippen molar-refractivity contribution in [3.05, 3.63) is 57.8 Å². The van der Waals surface area contributed by atoms with Crippen molar-refractivity contribution in [2.45, 2.75) is 0 Å². The maximum atomic E-state index is 13.1. The predicted molar refractivity (Wildman–Crippen MR) is 75.2 cm³/mol. The van der Waals surface area contributed by atoms with Crippen LogP contribution in [0.3, 0.4) is 0 Å². The van der Waals surface area contributed by atoms with E-state index in [9.17, 15) is 9.18 Å². The van der Waals surface area contributed by atoms with Gasteiger partial charge in [0, 0.05) is 0 Å². The first-order chi connectivity index (χ1) is 8.99. The Bertz CT molecular complexity index is 647. The first-order valence-electron chi connectivity index (χ1n) is 5.29. The van der Waals surface area contributed by atoms with Crippen LogP contribution in [0.2, 0.25) is 10.0 Å². The highest BCUT2D eigenvalue weighted by atomic mass is 35.5. The summed E-state index contributed by atoms with van der Waals surface area (Å²) >= 11 is 11.8. The number of hydrogen-bond donors (Lipinski definition) is 2. The monoisotopic (exact) mass is 298 g/mol. The van der Waals surface area contributed by atoms with Crippen molar-refractivity contribution >= 4 is 40.5 Å². The summed E-state index contributed by atoms with van der Waals surface area (Å²) in [7, 11) is 0. The molecule has 0 fully saturated rings. The number of halogens is 3. The number of nitrogens with one attached hydrogen (secondary N) is 1. The first-order valence-corrected chi connectivity index (χ1v) is 6.05. The van der Waals surface area contributed by atoms with E-state index in [-0.39, 0.29) is 21.3 Å². The van der Waals surface area contributed by atoms with Crippen molar-refractivity contribution in [1.29, 1.82) is 0 Å². The summed E-state index contributed by atoms with van der Waals surface area (Å²) < 4.78 is 13.1. The van der Waals surface area contributed by atoms with E-state index in [1.807, 2.05) is 0 Å². The van der Waals surface area contributed by atoms with Gasteiger partial charge in [0.1, 0.15) is 5.82 Å². The molecule has 0 saturated heterocycles. The third-order valence-electron chi connectivity index (χ3n) is 2.45. The quantitative estimate of drug-likeness (QED) is 0.824. The molecule has 2 rings (SSSR count). The summed E-state index contributed by atoms with van der Waals surface area (Å²) in [5.74, 6) is -1.01. The number of rotatable bonds is 2. The van der Waals surface area contributed by atoms with Gasteiger partial charge < -0.3 is 11.1 Å². The number of carbonyl (C=O) groups is 1. The molecule has 0 spiro atoms. The Balaban J connectivity index is 2.31. The highest BCUT2D eigenvalue weighted by Gasteiger charge is 2.14. The maximum absolute atomic E-state index is 13.1. The average molecular weight is 299 g/mol. The van der Waals surface area contributed by atoms with Gasteiger partial charge >= 0.3 is 0 Å². The van der Waals surface area contributed by atoms with E-state index in [2.05, 4.69) is 5.32 Å². The predicted octanol–water partition coefficient (Wildman–Crippen LogP) is 3.97. The van der Waals surface area contributed by atoms with Gasteiger partial charge in [-0.15, -0.1) is 0 Å². The second-order valence-electron chi connectivity index (χ2n) is 3.79. The van der Waals surface area contributed by atoms with E-state index in [0.29, 0.717) is 5.69 Å². The average Bonchev–Trinajstić information content (AvgIpc) is 2.37. The zero-order valence-corrected chi connectivity index (χ0v) is 11.1. The van der Waals surface area contributed by atoms with Gasteiger partial charge in [-0.3, -0.25) is 4.79 Å². The molecule has 0 atom stereocenters. The molecule has 98 valence electrons. The fourth-order valence-corrected chi connectivity index (χ4v) is 1.88. The van der Waals surface area contributed by atoms with Gasteiger partial charge in [-0.2, -0.15) is 0 Å². The Morgan fingerprint density at radius 2 is 1.95 bits per heavy atom. The standard InChI is InChI=1S/C13H9Cl2FN2O/c14-9-5-4-7(16)6-11(9)18-13(19)8-2-1-3-10(17)12(8)15/h1-6H,17H2,(H,18,19). The van der Waals surface area contributed by atoms with Crippen LogP contribution in [0.25, 0.3) is 0 Å². The van der Waals surface area contributed by atoms with Crippen LogP contribution in [0.4, 0.5) is 15.8 Å². The third-order valence-corrected chi connectivity index (χ3v) is 3.20. The van der Waals surface area contributed by atoms with Crippen LogP contribution in [0.1, 0.15) is 10.4 Å². The molecule has 0 aliphatic heterocycles. The molecule has 3 nitrogen and oxygen atoms in total. The SMILES string of the molecule is Nc1cccc(C(=O)Nc2cc(F)ccc2Cl)c1Cl. The molecule has 2 aromatic carbocycles. The lowest BCUT2D eigenvalue weighted by Crippen LogP contribution is -2.13. The van der Waals surface area contributed by atoms with Gasteiger partial charge in [0.05, 0.1) is 27.0 Å². The molecular weight excluding hydrogens is 290 g/mol. The van der Waals surface area contributed by atoms with Crippen molar-refractivity contribution in [3.63, 3.8) is 0 Å². The van der Waals surface area contributed by atoms with Crippen molar-refractivity contribution < 1.29 is 9.18 Å². The van der Waals surface area contributed by atoms with Gasteiger partial charge in [0.25, 0.3) is 5.91 Å². The summed E-state index contributed by atoms with van der Waals surface area (Å²) in [6.07, 6.45) is 0. The van der Waals surface area contributed by atoms with Crippen LogP contribution in [-0.4, -0.2) is 5.91 Å².